The summed E-state index contributed by atoms with van der Waals surface area (Å²) in [6.45, 7) is 0. The van der Waals surface area contributed by atoms with Crippen LogP contribution in [0.25, 0.3) is 22.2 Å². The van der Waals surface area contributed by atoms with E-state index in [1.54, 1.807) is 0 Å². The first kappa shape index (κ1) is 20.7. The average Bonchev–Trinajstić information content (AvgIpc) is 3.20. The normalized spacial score (nSPS) is 12.3. The van der Waals surface area contributed by atoms with Crippen molar-refractivity contribution in [3.63, 3.8) is 0 Å². The zero-order valence-electron chi connectivity index (χ0n) is 15.7. The highest BCUT2D eigenvalue weighted by Crippen LogP contribution is 2.42. The van der Waals surface area contributed by atoms with E-state index >= 15 is 0 Å². The molecule has 7 nitrogen and oxygen atoms in total. The lowest BCUT2D eigenvalue weighted by atomic mass is 9.98. The van der Waals surface area contributed by atoms with Crippen LogP contribution in [-0.2, 0) is 16.2 Å². The van der Waals surface area contributed by atoms with E-state index in [0.29, 0.717) is 6.07 Å². The molecule has 0 bridgehead atoms. The van der Waals surface area contributed by atoms with Gasteiger partial charge in [0, 0.05) is 36.6 Å². The van der Waals surface area contributed by atoms with Crippen LogP contribution < -0.4 is 4.31 Å². The molecule has 0 aliphatic rings. The van der Waals surface area contributed by atoms with Gasteiger partial charge in [-0.3, -0.25) is 4.98 Å². The molecular formula is C19H13F4N5O2S. The number of aromatic nitrogens is 4. The van der Waals surface area contributed by atoms with E-state index < -0.39 is 43.7 Å². The molecule has 4 aromatic rings. The van der Waals surface area contributed by atoms with Crippen LogP contribution in [0, 0.1) is 5.82 Å². The van der Waals surface area contributed by atoms with Crippen LogP contribution in [0.1, 0.15) is 5.56 Å². The Morgan fingerprint density at radius 1 is 1.00 bits per heavy atom. The Morgan fingerprint density at radius 2 is 1.68 bits per heavy atom. The number of pyridine rings is 1. The minimum Gasteiger partial charge on any atom is -0.342 e. The number of alkyl halides is 3. The number of aromatic amines is 1. The summed E-state index contributed by atoms with van der Waals surface area (Å²) in [5, 5.41) is -0.792. The molecule has 0 amide bonds. The van der Waals surface area contributed by atoms with Crippen LogP contribution in [0.2, 0.25) is 0 Å². The smallest absolute Gasteiger partial charge is 0.342 e. The summed E-state index contributed by atoms with van der Waals surface area (Å²) in [7, 11) is -3.16. The molecule has 0 radical (unpaired) electrons. The number of halogens is 4. The van der Waals surface area contributed by atoms with Gasteiger partial charge in [-0.2, -0.15) is 21.6 Å². The van der Waals surface area contributed by atoms with Gasteiger partial charge in [0.1, 0.15) is 5.82 Å². The third-order valence-corrected chi connectivity index (χ3v) is 6.20. The molecule has 0 unspecified atom stereocenters. The molecule has 12 heteroatoms. The summed E-state index contributed by atoms with van der Waals surface area (Å²) in [6, 6.07) is 7.07. The zero-order chi connectivity index (χ0) is 22.4. The second-order valence-electron chi connectivity index (χ2n) is 6.44. The van der Waals surface area contributed by atoms with Gasteiger partial charge in [0.15, 0.2) is 5.03 Å². The van der Waals surface area contributed by atoms with E-state index in [-0.39, 0.29) is 17.0 Å². The SMILES string of the molecule is CN(c1ncccn1)S(=O)(=O)c1cc2c(-c3ccccn3)c(C(F)(F)F)cc(F)c2[nH]1. The number of rotatable bonds is 4. The minimum absolute atomic E-state index is 0.0810. The lowest BCUT2D eigenvalue weighted by Crippen LogP contribution is -2.28. The molecule has 1 N–H and O–H groups in total. The second kappa shape index (κ2) is 7.30. The van der Waals surface area contributed by atoms with Gasteiger partial charge in [-0.15, -0.1) is 0 Å². The Labute approximate surface area is 173 Å². The number of nitrogens with zero attached hydrogens (tertiary/aromatic N) is 4. The van der Waals surface area contributed by atoms with E-state index in [4.69, 9.17) is 0 Å². The predicted molar refractivity (Wildman–Crippen MR) is 104 cm³/mol. The fourth-order valence-electron chi connectivity index (χ4n) is 3.09. The first-order valence-electron chi connectivity index (χ1n) is 8.70. The third kappa shape index (κ3) is 3.58. The molecule has 1 aromatic carbocycles. The maximum absolute atomic E-state index is 14.6. The van der Waals surface area contributed by atoms with Gasteiger partial charge in [-0.05, 0) is 30.3 Å². The van der Waals surface area contributed by atoms with Crippen molar-refractivity contribution < 1.29 is 26.0 Å². The number of anilines is 1. The number of H-pyrrole nitrogens is 1. The molecule has 3 aromatic heterocycles. The first-order chi connectivity index (χ1) is 14.6. The monoisotopic (exact) mass is 451 g/mol. The van der Waals surface area contributed by atoms with Crippen molar-refractivity contribution in [1.29, 1.82) is 0 Å². The molecule has 0 aliphatic carbocycles. The van der Waals surface area contributed by atoms with Crippen molar-refractivity contribution >= 4 is 26.9 Å². The van der Waals surface area contributed by atoms with Crippen molar-refractivity contribution in [2.24, 2.45) is 0 Å². The number of benzene rings is 1. The minimum atomic E-state index is -4.90. The van der Waals surface area contributed by atoms with Gasteiger partial charge < -0.3 is 4.98 Å². The van der Waals surface area contributed by atoms with E-state index in [2.05, 4.69) is 19.9 Å². The zero-order valence-corrected chi connectivity index (χ0v) is 16.5. The van der Waals surface area contributed by atoms with Gasteiger partial charge in [0.25, 0.3) is 10.0 Å². The Morgan fingerprint density at radius 3 is 2.29 bits per heavy atom. The summed E-state index contributed by atoms with van der Waals surface area (Å²) in [4.78, 5) is 14.0. The Hall–Kier alpha value is -3.54. The summed E-state index contributed by atoms with van der Waals surface area (Å²) in [5.74, 6) is -1.41. The molecule has 4 rings (SSSR count). The van der Waals surface area contributed by atoms with Crippen molar-refractivity contribution in [2.45, 2.75) is 11.2 Å². The highest BCUT2D eigenvalue weighted by atomic mass is 32.2. The maximum Gasteiger partial charge on any atom is 0.417 e. The molecule has 0 saturated heterocycles. The van der Waals surface area contributed by atoms with E-state index in [1.807, 2.05) is 0 Å². The lowest BCUT2D eigenvalue weighted by Gasteiger charge is -2.15. The van der Waals surface area contributed by atoms with E-state index in [1.165, 1.54) is 49.9 Å². The quantitative estimate of drug-likeness (QED) is 0.474. The average molecular weight is 451 g/mol. The summed E-state index contributed by atoms with van der Waals surface area (Å²) < 4.78 is 82.4. The molecule has 3 heterocycles. The van der Waals surface area contributed by atoms with Gasteiger partial charge in [-0.25, -0.2) is 18.7 Å². The van der Waals surface area contributed by atoms with Crippen LogP contribution in [0.4, 0.5) is 23.5 Å². The van der Waals surface area contributed by atoms with Crippen LogP contribution in [0.3, 0.4) is 0 Å². The molecule has 0 spiro atoms. The van der Waals surface area contributed by atoms with Crippen LogP contribution in [0.5, 0.6) is 0 Å². The van der Waals surface area contributed by atoms with Gasteiger partial charge >= 0.3 is 6.18 Å². The van der Waals surface area contributed by atoms with Crippen molar-refractivity contribution in [3.8, 4) is 11.3 Å². The third-order valence-electron chi connectivity index (χ3n) is 4.54. The number of sulfonamides is 1. The molecular weight excluding hydrogens is 438 g/mol. The number of hydrogen-bond acceptors (Lipinski definition) is 5. The standard InChI is InChI=1S/C19H13F4N5O2S/c1-28(18-25-7-4-8-26-18)31(29,30)15-9-11-16(14-5-2-3-6-24-14)12(19(21,22)23)10-13(20)17(11)27-15/h2-10,27H,1H3. The molecule has 0 saturated carbocycles. The van der Waals surface area contributed by atoms with Crippen molar-refractivity contribution in [1.82, 2.24) is 19.9 Å². The lowest BCUT2D eigenvalue weighted by molar-refractivity contribution is -0.137. The number of fused-ring (bicyclic) bond motifs is 1. The van der Waals surface area contributed by atoms with E-state index in [9.17, 15) is 26.0 Å². The largest absolute Gasteiger partial charge is 0.417 e. The fourth-order valence-corrected chi connectivity index (χ4v) is 4.19. The van der Waals surface area contributed by atoms with Crippen LogP contribution >= 0.6 is 0 Å². The van der Waals surface area contributed by atoms with Crippen LogP contribution in [0.15, 0.2) is 60.0 Å². The van der Waals surface area contributed by atoms with Gasteiger partial charge in [0.05, 0.1) is 16.8 Å². The van der Waals surface area contributed by atoms with Crippen LogP contribution in [-0.4, -0.2) is 35.4 Å². The molecule has 0 atom stereocenters. The second-order valence-corrected chi connectivity index (χ2v) is 8.37. The van der Waals surface area contributed by atoms with Gasteiger partial charge in [0.2, 0.25) is 5.95 Å². The Bertz CT molecular complexity index is 1360. The fraction of sp³-hybridized carbons (Fsp3) is 0.105. The van der Waals surface area contributed by atoms with Crippen molar-refractivity contribution in [3.05, 3.63) is 66.4 Å². The maximum atomic E-state index is 14.6. The van der Waals surface area contributed by atoms with E-state index in [0.717, 1.165) is 10.4 Å². The Kier molecular flexibility index (Phi) is 4.88. The number of nitrogens with one attached hydrogen (secondary N) is 1. The summed E-state index contributed by atoms with van der Waals surface area (Å²) in [5.41, 5.74) is -2.17. The molecule has 0 fully saturated rings. The molecule has 160 valence electrons. The van der Waals surface area contributed by atoms with Crippen molar-refractivity contribution in [2.75, 3.05) is 11.4 Å². The topological polar surface area (TPSA) is 91.8 Å². The molecule has 0 aliphatic heterocycles. The highest BCUT2D eigenvalue weighted by Gasteiger charge is 2.37. The van der Waals surface area contributed by atoms with Gasteiger partial charge in [-0.1, -0.05) is 6.07 Å². The Balaban J connectivity index is 1.99. The summed E-state index contributed by atoms with van der Waals surface area (Å²) >= 11 is 0. The highest BCUT2D eigenvalue weighted by molar-refractivity contribution is 7.92. The molecule has 31 heavy (non-hydrogen) atoms. The first-order valence-corrected chi connectivity index (χ1v) is 10.1. The predicted octanol–water partition coefficient (Wildman–Crippen LogP) is 4.00. The summed E-state index contributed by atoms with van der Waals surface area (Å²) in [6.07, 6.45) is -0.954. The number of hydrogen-bond donors (Lipinski definition) is 1.